The quantitative estimate of drug-likeness (QED) is 0.183. The summed E-state index contributed by atoms with van der Waals surface area (Å²) < 4.78 is 8.78. The van der Waals surface area contributed by atoms with Crippen molar-refractivity contribution < 1.29 is 4.42 Å². The van der Waals surface area contributed by atoms with Crippen LogP contribution in [0.25, 0.3) is 96.8 Å². The molecule has 0 aliphatic heterocycles. The highest BCUT2D eigenvalue weighted by Gasteiger charge is 2.21. The van der Waals surface area contributed by atoms with Crippen LogP contribution in [0.1, 0.15) is 0 Å². The van der Waals surface area contributed by atoms with Gasteiger partial charge in [0.1, 0.15) is 5.58 Å². The second-order valence-electron chi connectivity index (χ2n) is 12.0. The molecule has 0 saturated heterocycles. The highest BCUT2D eigenvalue weighted by molar-refractivity contribution is 7.26. The molecule has 0 saturated carbocycles. The molecule has 0 aliphatic carbocycles. The van der Waals surface area contributed by atoms with Gasteiger partial charge in [-0.15, -0.1) is 11.3 Å². The third-order valence-corrected chi connectivity index (χ3v) is 10.7. The third-order valence-electron chi connectivity index (χ3n) is 9.54. The van der Waals surface area contributed by atoms with Gasteiger partial charge in [-0.25, -0.2) is 0 Å². The molecule has 10 aromatic rings. The number of hydrogen-bond acceptors (Lipinski definition) is 2. The van der Waals surface area contributed by atoms with Crippen LogP contribution in [0.5, 0.6) is 0 Å². The van der Waals surface area contributed by atoms with Crippen LogP contribution in [0.2, 0.25) is 0 Å². The van der Waals surface area contributed by atoms with E-state index in [1.165, 1.54) is 80.3 Å². The first-order valence-corrected chi connectivity index (χ1v) is 16.5. The van der Waals surface area contributed by atoms with Crippen molar-refractivity contribution in [2.24, 2.45) is 0 Å². The molecule has 2 aromatic heterocycles. The summed E-state index contributed by atoms with van der Waals surface area (Å²) in [6, 6.07) is 55.2. The highest BCUT2D eigenvalue weighted by atomic mass is 32.1. The van der Waals surface area contributed by atoms with Gasteiger partial charge in [-0.2, -0.15) is 0 Å². The molecule has 8 aromatic carbocycles. The fourth-order valence-corrected chi connectivity index (χ4v) is 8.70. The average molecular weight is 603 g/mol. The van der Waals surface area contributed by atoms with Crippen LogP contribution in [-0.2, 0) is 0 Å². The lowest BCUT2D eigenvalue weighted by Crippen LogP contribution is -1.92. The van der Waals surface area contributed by atoms with Crippen molar-refractivity contribution in [2.45, 2.75) is 0 Å². The Balaban J connectivity index is 1.31. The molecule has 214 valence electrons. The van der Waals surface area contributed by atoms with Crippen LogP contribution in [0.3, 0.4) is 0 Å². The van der Waals surface area contributed by atoms with Crippen molar-refractivity contribution in [3.8, 4) is 33.4 Å². The van der Waals surface area contributed by atoms with Crippen molar-refractivity contribution in [3.05, 3.63) is 158 Å². The molecule has 1 nitrogen and oxygen atoms in total. The Labute approximate surface area is 269 Å². The number of thiophene rings is 1. The summed E-state index contributed by atoms with van der Waals surface area (Å²) >= 11 is 1.86. The van der Waals surface area contributed by atoms with E-state index in [0.29, 0.717) is 0 Å². The van der Waals surface area contributed by atoms with Gasteiger partial charge in [0.05, 0.1) is 6.26 Å². The van der Waals surface area contributed by atoms with Crippen molar-refractivity contribution in [3.63, 3.8) is 0 Å². The largest absolute Gasteiger partial charge is 0.464 e. The van der Waals surface area contributed by atoms with Gasteiger partial charge in [-0.3, -0.25) is 0 Å². The van der Waals surface area contributed by atoms with Crippen LogP contribution in [0.4, 0.5) is 0 Å². The number of rotatable bonds is 3. The van der Waals surface area contributed by atoms with E-state index in [1.807, 2.05) is 17.6 Å². The van der Waals surface area contributed by atoms with E-state index < -0.39 is 0 Å². The first-order valence-electron chi connectivity index (χ1n) is 15.7. The van der Waals surface area contributed by atoms with Crippen LogP contribution < -0.4 is 0 Å². The lowest BCUT2D eigenvalue weighted by atomic mass is 9.84. The molecule has 0 bridgehead atoms. The van der Waals surface area contributed by atoms with Crippen LogP contribution >= 0.6 is 11.3 Å². The number of furan rings is 1. The van der Waals surface area contributed by atoms with Crippen molar-refractivity contribution in [1.29, 1.82) is 0 Å². The van der Waals surface area contributed by atoms with Crippen molar-refractivity contribution in [2.75, 3.05) is 0 Å². The van der Waals surface area contributed by atoms with Gasteiger partial charge in [0.15, 0.2) is 0 Å². The van der Waals surface area contributed by atoms with Crippen LogP contribution in [-0.4, -0.2) is 0 Å². The van der Waals surface area contributed by atoms with Gasteiger partial charge in [-0.1, -0.05) is 133 Å². The van der Waals surface area contributed by atoms with Gasteiger partial charge in [-0.05, 0) is 78.3 Å². The Hall–Kier alpha value is -5.70. The predicted molar refractivity (Wildman–Crippen MR) is 198 cm³/mol. The van der Waals surface area contributed by atoms with Gasteiger partial charge in [0.25, 0.3) is 0 Å². The van der Waals surface area contributed by atoms with Crippen molar-refractivity contribution >= 4 is 74.8 Å². The molecule has 0 amide bonds. The zero-order valence-electron chi connectivity index (χ0n) is 24.8. The van der Waals surface area contributed by atoms with Gasteiger partial charge >= 0.3 is 0 Å². The number of fused-ring (bicyclic) bond motifs is 7. The second kappa shape index (κ2) is 9.90. The lowest BCUT2D eigenvalue weighted by Gasteiger charge is -2.19. The van der Waals surface area contributed by atoms with E-state index in [9.17, 15) is 0 Å². The molecule has 10 rings (SSSR count). The lowest BCUT2D eigenvalue weighted by molar-refractivity contribution is 0.617. The van der Waals surface area contributed by atoms with E-state index in [0.717, 1.165) is 16.5 Å². The molecule has 0 fully saturated rings. The summed E-state index contributed by atoms with van der Waals surface area (Å²) in [5.41, 5.74) is 8.33. The van der Waals surface area contributed by atoms with Crippen LogP contribution in [0, 0.1) is 0 Å². The molecule has 0 N–H and O–H groups in total. The number of benzene rings is 8. The minimum Gasteiger partial charge on any atom is -0.464 e. The summed E-state index contributed by atoms with van der Waals surface area (Å²) in [5, 5.41) is 11.3. The summed E-state index contributed by atoms with van der Waals surface area (Å²) in [5.74, 6) is 0. The smallest absolute Gasteiger partial charge is 0.135 e. The monoisotopic (exact) mass is 602 g/mol. The Kier molecular flexibility index (Phi) is 5.51. The molecule has 0 radical (unpaired) electrons. The van der Waals surface area contributed by atoms with E-state index in [2.05, 4.69) is 152 Å². The molecule has 0 atom stereocenters. The maximum atomic E-state index is 6.22. The molecule has 0 unspecified atom stereocenters. The Bertz CT molecular complexity index is 2740. The van der Waals surface area contributed by atoms with Gasteiger partial charge < -0.3 is 4.42 Å². The zero-order chi connectivity index (χ0) is 30.2. The topological polar surface area (TPSA) is 13.1 Å². The number of hydrogen-bond donors (Lipinski definition) is 0. The van der Waals surface area contributed by atoms with Crippen LogP contribution in [0.15, 0.2) is 162 Å². The summed E-state index contributed by atoms with van der Waals surface area (Å²) in [7, 11) is 0. The maximum Gasteiger partial charge on any atom is 0.135 e. The fraction of sp³-hybridized carbons (Fsp3) is 0. The Morgan fingerprint density at radius 3 is 1.72 bits per heavy atom. The van der Waals surface area contributed by atoms with E-state index in [1.54, 1.807) is 0 Å². The van der Waals surface area contributed by atoms with E-state index >= 15 is 0 Å². The molecular weight excluding hydrogens is 577 g/mol. The molecule has 0 aliphatic rings. The standard InChI is InChI=1S/C44H26OS/c1-2-12-28(13-3-1)38-26-45-39-24-37-41(25-36(38)39)46-40-23-11-22-35(44(37)40)43-33-19-8-6-17-31(33)42(32-18-7-9-20-34(32)43)30-21-10-15-27-14-4-5-16-29(27)30/h1-26H. The Morgan fingerprint density at radius 2 is 0.978 bits per heavy atom. The average Bonchev–Trinajstić information content (AvgIpc) is 3.70. The second-order valence-corrected chi connectivity index (χ2v) is 13.1. The Morgan fingerprint density at radius 1 is 0.391 bits per heavy atom. The molecule has 46 heavy (non-hydrogen) atoms. The molecule has 0 spiro atoms. The summed E-state index contributed by atoms with van der Waals surface area (Å²) in [6.07, 6.45) is 1.90. The van der Waals surface area contributed by atoms with Crippen molar-refractivity contribution in [1.82, 2.24) is 0 Å². The predicted octanol–water partition coefficient (Wildman–Crippen LogP) is 13.3. The SMILES string of the molecule is c1ccc(-c2coc3cc4c(cc23)sc2cccc(-c3c5ccccc5c(-c5cccc6ccccc56)c5ccccc35)c24)cc1. The first-order chi connectivity index (χ1) is 22.8. The third kappa shape index (κ3) is 3.68. The molecule has 2 heterocycles. The van der Waals surface area contributed by atoms with E-state index in [-0.39, 0.29) is 0 Å². The minimum absolute atomic E-state index is 0.918. The minimum atomic E-state index is 0.918. The highest BCUT2D eigenvalue weighted by Crippen LogP contribution is 2.49. The van der Waals surface area contributed by atoms with E-state index in [4.69, 9.17) is 4.42 Å². The summed E-state index contributed by atoms with van der Waals surface area (Å²) in [4.78, 5) is 0. The fourth-order valence-electron chi connectivity index (χ4n) is 7.55. The first kappa shape index (κ1) is 25.6. The normalized spacial score (nSPS) is 11.9. The molecular formula is C44H26OS. The zero-order valence-corrected chi connectivity index (χ0v) is 25.6. The summed E-state index contributed by atoms with van der Waals surface area (Å²) in [6.45, 7) is 0. The van der Waals surface area contributed by atoms with Gasteiger partial charge in [0, 0.05) is 31.1 Å². The molecule has 2 heteroatoms. The maximum absolute atomic E-state index is 6.22. The van der Waals surface area contributed by atoms with Gasteiger partial charge in [0.2, 0.25) is 0 Å².